The summed E-state index contributed by atoms with van der Waals surface area (Å²) in [5.41, 5.74) is 11.6. The van der Waals surface area contributed by atoms with Gasteiger partial charge in [0.1, 0.15) is 0 Å². The molecule has 0 saturated heterocycles. The second kappa shape index (κ2) is 14.0. The lowest BCUT2D eigenvalue weighted by Crippen LogP contribution is -2.40. The molecular formula is C47H40BN2O2. The number of hydrogen-bond donors (Lipinski definition) is 1. The molecule has 0 amide bonds. The molecule has 1 heterocycles. The number of fused-ring (bicyclic) bond motifs is 3. The van der Waals surface area contributed by atoms with Crippen molar-refractivity contribution in [2.45, 2.75) is 32.5 Å². The Morgan fingerprint density at radius 2 is 0.923 bits per heavy atom. The van der Waals surface area contributed by atoms with Crippen molar-refractivity contribution in [1.82, 2.24) is 4.57 Å². The maximum absolute atomic E-state index is 10.1. The maximum atomic E-state index is 10.1. The van der Waals surface area contributed by atoms with Crippen molar-refractivity contribution >= 4 is 51.8 Å². The van der Waals surface area contributed by atoms with Gasteiger partial charge >= 0.3 is 7.48 Å². The van der Waals surface area contributed by atoms with Crippen LogP contribution in [0.1, 0.15) is 20.8 Å². The zero-order chi connectivity index (χ0) is 35.7. The summed E-state index contributed by atoms with van der Waals surface area (Å²) in [5, 5.41) is 12.6. The Labute approximate surface area is 306 Å². The molecule has 5 heteroatoms. The van der Waals surface area contributed by atoms with E-state index in [1.54, 1.807) is 14.4 Å². The van der Waals surface area contributed by atoms with Gasteiger partial charge in [-0.2, -0.15) is 0 Å². The van der Waals surface area contributed by atoms with E-state index in [1.807, 2.05) is 32.0 Å². The fourth-order valence-corrected chi connectivity index (χ4v) is 6.71. The number of aromatic nitrogens is 1. The molecule has 1 radical (unpaired) electrons. The van der Waals surface area contributed by atoms with Crippen LogP contribution in [0.5, 0.6) is 0 Å². The molecule has 1 aromatic heterocycles. The van der Waals surface area contributed by atoms with E-state index in [9.17, 15) is 5.11 Å². The zero-order valence-corrected chi connectivity index (χ0v) is 29.6. The highest BCUT2D eigenvalue weighted by atomic mass is 16.5. The van der Waals surface area contributed by atoms with Gasteiger partial charge in [-0.25, -0.2) is 0 Å². The molecule has 4 nitrogen and oxygen atoms in total. The first-order valence-corrected chi connectivity index (χ1v) is 17.8. The second-order valence-corrected chi connectivity index (χ2v) is 13.8. The van der Waals surface area contributed by atoms with Crippen LogP contribution in [0, 0.1) is 0 Å². The van der Waals surface area contributed by atoms with E-state index in [1.165, 1.54) is 32.9 Å². The Bertz CT molecular complexity index is 2380. The molecule has 0 aliphatic rings. The predicted octanol–water partition coefficient (Wildman–Crippen LogP) is 11.0. The third kappa shape index (κ3) is 6.53. The monoisotopic (exact) mass is 675 g/mol. The van der Waals surface area contributed by atoms with Crippen molar-refractivity contribution in [3.8, 4) is 27.9 Å². The fourth-order valence-electron chi connectivity index (χ4n) is 6.71. The second-order valence-electron chi connectivity index (χ2n) is 13.8. The van der Waals surface area contributed by atoms with E-state index in [-0.39, 0.29) is 0 Å². The highest BCUT2D eigenvalue weighted by Crippen LogP contribution is 2.37. The van der Waals surface area contributed by atoms with Crippen molar-refractivity contribution < 1.29 is 9.76 Å². The summed E-state index contributed by atoms with van der Waals surface area (Å²) >= 11 is 0. The van der Waals surface area contributed by atoms with E-state index >= 15 is 0 Å². The van der Waals surface area contributed by atoms with Crippen molar-refractivity contribution in [2.75, 3.05) is 4.90 Å². The third-order valence-corrected chi connectivity index (χ3v) is 10.1. The molecule has 0 fully saturated rings. The van der Waals surface area contributed by atoms with Gasteiger partial charge in [0.05, 0.1) is 22.7 Å². The van der Waals surface area contributed by atoms with Crippen LogP contribution in [0.4, 0.5) is 17.1 Å². The minimum atomic E-state index is -0.682. The van der Waals surface area contributed by atoms with Crippen molar-refractivity contribution in [3.05, 3.63) is 176 Å². The lowest BCUT2D eigenvalue weighted by Gasteiger charge is -2.29. The summed E-state index contributed by atoms with van der Waals surface area (Å²) in [5.74, 6) is 0. The number of rotatable bonds is 10. The smallest absolute Gasteiger partial charge is 0.330 e. The molecule has 0 bridgehead atoms. The molecule has 8 aromatic rings. The highest BCUT2D eigenvalue weighted by molar-refractivity contribution is 6.47. The molecule has 0 aliphatic carbocycles. The predicted molar refractivity (Wildman–Crippen MR) is 219 cm³/mol. The normalized spacial score (nSPS) is 12.2. The number of aliphatic hydroxyl groups is 1. The van der Waals surface area contributed by atoms with E-state index in [4.69, 9.17) is 4.65 Å². The first-order chi connectivity index (χ1) is 25.4. The molecule has 7 aromatic carbocycles. The van der Waals surface area contributed by atoms with Gasteiger partial charge in [0.2, 0.25) is 0 Å². The average molecular weight is 676 g/mol. The van der Waals surface area contributed by atoms with Gasteiger partial charge in [0.15, 0.2) is 0 Å². The Hall–Kier alpha value is -5.88. The van der Waals surface area contributed by atoms with Gasteiger partial charge in [-0.3, -0.25) is 0 Å². The number of hydrogen-bond acceptors (Lipinski definition) is 3. The molecule has 1 unspecified atom stereocenters. The van der Waals surface area contributed by atoms with E-state index in [2.05, 4.69) is 167 Å². The lowest BCUT2D eigenvalue weighted by molar-refractivity contribution is -0.0146. The van der Waals surface area contributed by atoms with Crippen LogP contribution < -0.4 is 10.4 Å². The SMILES string of the molecule is CC(O)C(C)(C)O[B]c1ccc(N(c2ccc(-c3ccccc3)cc2)c2ccc(-c3ccc(-n4c5ccccc5c5ccccc54)cc3)cc2)cc1. The van der Waals surface area contributed by atoms with Crippen LogP contribution >= 0.6 is 0 Å². The first kappa shape index (κ1) is 33.3. The standard InChI is InChI=1S/C47H40BN2O2/c1-33(51)47(2,3)52-48-38-23-31-41(32-24-38)49(39-25-17-35(18-26-39)34-11-5-4-6-12-34)40-27-19-36(20-28-40)37-21-29-42(30-22-37)50-45-15-9-7-13-43(45)44-14-8-10-16-46(44)50/h4-33,51H,1-3H3. The molecule has 0 spiro atoms. The Kier molecular flexibility index (Phi) is 8.98. The van der Waals surface area contributed by atoms with Crippen LogP contribution in [0.15, 0.2) is 176 Å². The van der Waals surface area contributed by atoms with Gasteiger partial charge in [-0.15, -0.1) is 0 Å². The Balaban J connectivity index is 1.10. The third-order valence-electron chi connectivity index (χ3n) is 10.1. The van der Waals surface area contributed by atoms with Gasteiger partial charge in [0, 0.05) is 33.5 Å². The topological polar surface area (TPSA) is 37.6 Å². The van der Waals surface area contributed by atoms with Crippen molar-refractivity contribution in [2.24, 2.45) is 0 Å². The van der Waals surface area contributed by atoms with Crippen LogP contribution in [-0.4, -0.2) is 28.9 Å². The van der Waals surface area contributed by atoms with E-state index in [0.717, 1.165) is 39.3 Å². The summed E-state index contributed by atoms with van der Waals surface area (Å²) < 4.78 is 8.28. The summed E-state index contributed by atoms with van der Waals surface area (Å²) in [6.07, 6.45) is -0.599. The Morgan fingerprint density at radius 3 is 1.40 bits per heavy atom. The molecule has 52 heavy (non-hydrogen) atoms. The van der Waals surface area contributed by atoms with Crippen LogP contribution in [0.3, 0.4) is 0 Å². The minimum Gasteiger partial charge on any atom is -0.427 e. The number of anilines is 3. The molecule has 0 saturated carbocycles. The molecular weight excluding hydrogens is 635 g/mol. The van der Waals surface area contributed by atoms with Crippen molar-refractivity contribution in [3.63, 3.8) is 0 Å². The minimum absolute atomic E-state index is 0.599. The molecule has 0 aliphatic heterocycles. The zero-order valence-electron chi connectivity index (χ0n) is 29.6. The first-order valence-electron chi connectivity index (χ1n) is 17.8. The van der Waals surface area contributed by atoms with E-state index in [0.29, 0.717) is 0 Å². The Morgan fingerprint density at radius 1 is 0.519 bits per heavy atom. The van der Waals surface area contributed by atoms with E-state index < -0.39 is 11.7 Å². The summed E-state index contributed by atoms with van der Waals surface area (Å²) in [6, 6.07) is 62.3. The highest BCUT2D eigenvalue weighted by Gasteiger charge is 2.25. The number of benzene rings is 7. The number of aliphatic hydroxyl groups excluding tert-OH is 1. The number of para-hydroxylation sites is 2. The molecule has 8 rings (SSSR count). The quantitative estimate of drug-likeness (QED) is 0.147. The fraction of sp³-hybridized carbons (Fsp3) is 0.106. The molecule has 1 N–H and O–H groups in total. The largest absolute Gasteiger partial charge is 0.427 e. The van der Waals surface area contributed by atoms with Gasteiger partial charge in [-0.05, 0) is 104 Å². The van der Waals surface area contributed by atoms with Gasteiger partial charge in [0.25, 0.3) is 0 Å². The van der Waals surface area contributed by atoms with Gasteiger partial charge in [-0.1, -0.05) is 121 Å². The van der Waals surface area contributed by atoms with Crippen LogP contribution in [0.2, 0.25) is 0 Å². The van der Waals surface area contributed by atoms with Gasteiger partial charge < -0.3 is 19.2 Å². The lowest BCUT2D eigenvalue weighted by atomic mass is 9.85. The molecule has 253 valence electrons. The maximum Gasteiger partial charge on any atom is 0.330 e. The molecule has 1 atom stereocenters. The van der Waals surface area contributed by atoms with Crippen LogP contribution in [-0.2, 0) is 4.65 Å². The van der Waals surface area contributed by atoms with Crippen molar-refractivity contribution in [1.29, 1.82) is 0 Å². The summed E-state index contributed by atoms with van der Waals surface area (Å²) in [7, 11) is 1.72. The van der Waals surface area contributed by atoms with Crippen LogP contribution in [0.25, 0.3) is 49.7 Å². The average Bonchev–Trinajstić information content (AvgIpc) is 3.53. The number of nitrogens with zero attached hydrogens (tertiary/aromatic N) is 2. The summed E-state index contributed by atoms with van der Waals surface area (Å²) in [6.45, 7) is 5.51. The summed E-state index contributed by atoms with van der Waals surface area (Å²) in [4.78, 5) is 2.27.